The van der Waals surface area contributed by atoms with Crippen LogP contribution in [0.25, 0.3) is 0 Å². The van der Waals surface area contributed by atoms with Gasteiger partial charge >= 0.3 is 6.03 Å². The molecule has 8 heteroatoms. The smallest absolute Gasteiger partial charge is 0.335 e. The molecule has 0 aliphatic heterocycles. The Morgan fingerprint density at radius 1 is 1.15 bits per heavy atom. The Morgan fingerprint density at radius 2 is 1.73 bits per heavy atom. The number of nitrogens with one attached hydrogen (secondary N) is 1. The second-order valence-corrected chi connectivity index (χ2v) is 5.00. The number of methoxy groups -OCH3 is 2. The van der Waals surface area contributed by atoms with Gasteiger partial charge in [0.05, 0.1) is 14.2 Å². The number of ether oxygens (including phenoxy) is 2. The van der Waals surface area contributed by atoms with Crippen molar-refractivity contribution in [3.05, 3.63) is 66.0 Å². The third-order valence-corrected chi connectivity index (χ3v) is 3.45. The minimum atomic E-state index is -0.940. The number of carbonyl (C=O) groups is 3. The molecule has 0 saturated carbocycles. The molecule has 1 aromatic rings. The van der Waals surface area contributed by atoms with Gasteiger partial charge in [-0.1, -0.05) is 18.2 Å². The zero-order valence-corrected chi connectivity index (χ0v) is 14.4. The van der Waals surface area contributed by atoms with Crippen LogP contribution in [-0.2, 0) is 14.3 Å². The summed E-state index contributed by atoms with van der Waals surface area (Å²) in [6.45, 7) is 3.77. The van der Waals surface area contributed by atoms with E-state index in [-0.39, 0.29) is 23.2 Å². The molecule has 2 rings (SSSR count). The largest absolute Gasteiger partial charge is 0.497 e. The van der Waals surface area contributed by atoms with Gasteiger partial charge in [-0.25, -0.2) is 10.3 Å². The topological polar surface area (TPSA) is 128 Å². The summed E-state index contributed by atoms with van der Waals surface area (Å²) < 4.78 is 9.98. The summed E-state index contributed by atoms with van der Waals surface area (Å²) in [7, 11) is 2.95. The monoisotopic (exact) mass is 360 g/mol. The summed E-state index contributed by atoms with van der Waals surface area (Å²) in [4.78, 5) is 33.2. The normalized spacial score (nSPS) is 14.1. The number of amides is 2. The van der Waals surface area contributed by atoms with Crippen molar-refractivity contribution in [2.45, 2.75) is 5.92 Å². The minimum Gasteiger partial charge on any atom is -0.497 e. The summed E-state index contributed by atoms with van der Waals surface area (Å²) in [5.74, 6) is -0.119. The van der Waals surface area contributed by atoms with E-state index in [1.165, 1.54) is 24.7 Å². The van der Waals surface area contributed by atoms with Crippen molar-refractivity contribution in [3.63, 3.8) is 0 Å². The Labute approximate surface area is 150 Å². The van der Waals surface area contributed by atoms with Gasteiger partial charge in [-0.3, -0.25) is 14.8 Å². The quantitative estimate of drug-likeness (QED) is 0.317. The van der Waals surface area contributed by atoms with Crippen LogP contribution < -0.4 is 16.0 Å². The van der Waals surface area contributed by atoms with Crippen molar-refractivity contribution >= 4 is 17.6 Å². The Hall–Kier alpha value is -3.39. The summed E-state index contributed by atoms with van der Waals surface area (Å²) in [6.07, 6.45) is 4.18. The molecule has 2 amide bonds. The van der Waals surface area contributed by atoms with E-state index in [0.29, 0.717) is 5.57 Å². The molecule has 0 heterocycles. The van der Waals surface area contributed by atoms with Gasteiger partial charge in [0.2, 0.25) is 5.78 Å². The van der Waals surface area contributed by atoms with Crippen LogP contribution in [0.15, 0.2) is 60.4 Å². The summed E-state index contributed by atoms with van der Waals surface area (Å²) >= 11 is 0. The standard InChI is InChI=1S/C17H16O4.CH4N2O2/c1-4-13(11-5-7-12(20-2)8-6-11)14-9-16(19)17(21-3)10-15(14)18;2-1(4)3-5/h4-10,13H,1H2,2-3H3;5H,(H3,2,3,4). The van der Waals surface area contributed by atoms with E-state index >= 15 is 0 Å². The van der Waals surface area contributed by atoms with Crippen molar-refractivity contribution in [1.82, 2.24) is 5.48 Å². The van der Waals surface area contributed by atoms with Gasteiger partial charge in [0.25, 0.3) is 0 Å². The number of ketones is 2. The molecule has 26 heavy (non-hydrogen) atoms. The van der Waals surface area contributed by atoms with Crippen LogP contribution >= 0.6 is 0 Å². The number of hydroxylamine groups is 1. The van der Waals surface area contributed by atoms with E-state index in [1.807, 2.05) is 12.1 Å². The maximum absolute atomic E-state index is 12.2. The molecular formula is C18H20N2O6. The van der Waals surface area contributed by atoms with Gasteiger partial charge in [-0.05, 0) is 23.8 Å². The maximum atomic E-state index is 12.2. The van der Waals surface area contributed by atoms with E-state index in [4.69, 9.17) is 14.7 Å². The average molecular weight is 360 g/mol. The number of rotatable bonds is 5. The van der Waals surface area contributed by atoms with Gasteiger partial charge < -0.3 is 15.2 Å². The molecule has 138 valence electrons. The number of urea groups is 1. The number of carbonyl (C=O) groups excluding carboxylic acids is 3. The second kappa shape index (κ2) is 9.80. The lowest BCUT2D eigenvalue weighted by atomic mass is 9.85. The molecule has 1 unspecified atom stereocenters. The number of benzene rings is 1. The van der Waals surface area contributed by atoms with Crippen LogP contribution in [0.3, 0.4) is 0 Å². The van der Waals surface area contributed by atoms with Crippen LogP contribution in [0.1, 0.15) is 11.5 Å². The first-order valence-electron chi connectivity index (χ1n) is 7.39. The van der Waals surface area contributed by atoms with Crippen LogP contribution in [0.5, 0.6) is 5.75 Å². The predicted octanol–water partition coefficient (Wildman–Crippen LogP) is 1.62. The number of primary amides is 1. The van der Waals surface area contributed by atoms with Gasteiger partial charge in [0.1, 0.15) is 5.75 Å². The van der Waals surface area contributed by atoms with Crippen molar-refractivity contribution in [2.24, 2.45) is 5.73 Å². The fourth-order valence-electron chi connectivity index (χ4n) is 2.21. The van der Waals surface area contributed by atoms with Gasteiger partial charge in [0, 0.05) is 17.6 Å². The first-order chi connectivity index (χ1) is 12.4. The number of allylic oxidation sites excluding steroid dienone is 4. The van der Waals surface area contributed by atoms with Gasteiger partial charge in [-0.2, -0.15) is 0 Å². The first-order valence-corrected chi connectivity index (χ1v) is 7.39. The summed E-state index contributed by atoms with van der Waals surface area (Å²) in [5, 5.41) is 7.42. The van der Waals surface area contributed by atoms with E-state index in [9.17, 15) is 14.4 Å². The zero-order chi connectivity index (χ0) is 19.7. The molecule has 1 aliphatic rings. The fourth-order valence-corrected chi connectivity index (χ4v) is 2.21. The van der Waals surface area contributed by atoms with Gasteiger partial charge in [0.15, 0.2) is 11.5 Å². The number of hydrogen-bond donors (Lipinski definition) is 3. The van der Waals surface area contributed by atoms with Crippen LogP contribution in [0, 0.1) is 0 Å². The molecule has 0 spiro atoms. The lowest BCUT2D eigenvalue weighted by Crippen LogP contribution is -2.25. The third-order valence-electron chi connectivity index (χ3n) is 3.45. The lowest BCUT2D eigenvalue weighted by molar-refractivity contribution is -0.117. The molecule has 1 aliphatic carbocycles. The molecule has 8 nitrogen and oxygen atoms in total. The van der Waals surface area contributed by atoms with Crippen molar-refractivity contribution in [2.75, 3.05) is 14.2 Å². The minimum absolute atomic E-state index is 0.0568. The third kappa shape index (κ3) is 5.32. The Bertz CT molecular complexity index is 749. The average Bonchev–Trinajstić information content (AvgIpc) is 2.65. The Balaban J connectivity index is 0.000000597. The van der Waals surface area contributed by atoms with Crippen LogP contribution in [0.4, 0.5) is 4.79 Å². The van der Waals surface area contributed by atoms with E-state index < -0.39 is 6.03 Å². The SMILES string of the molecule is C=CC(C1=CC(=O)C(OC)=CC1=O)c1ccc(OC)cc1.NC(=O)NO. The van der Waals surface area contributed by atoms with Crippen LogP contribution in [-0.4, -0.2) is 37.0 Å². The number of nitrogens with two attached hydrogens (primary N) is 1. The second-order valence-electron chi connectivity index (χ2n) is 5.00. The Morgan fingerprint density at radius 3 is 2.15 bits per heavy atom. The molecular weight excluding hydrogens is 340 g/mol. The highest BCUT2D eigenvalue weighted by atomic mass is 16.5. The van der Waals surface area contributed by atoms with Crippen LogP contribution in [0.2, 0.25) is 0 Å². The molecule has 0 radical (unpaired) electrons. The highest BCUT2D eigenvalue weighted by Crippen LogP contribution is 2.30. The zero-order valence-electron chi connectivity index (χ0n) is 14.4. The lowest BCUT2D eigenvalue weighted by Gasteiger charge is -2.18. The van der Waals surface area contributed by atoms with Crippen molar-refractivity contribution in [3.8, 4) is 5.75 Å². The fraction of sp³-hybridized carbons (Fsp3) is 0.167. The highest BCUT2D eigenvalue weighted by Gasteiger charge is 2.26. The Kier molecular flexibility index (Phi) is 7.78. The number of hydrogen-bond acceptors (Lipinski definition) is 6. The maximum Gasteiger partial charge on any atom is 0.335 e. The molecule has 0 bridgehead atoms. The predicted molar refractivity (Wildman–Crippen MR) is 93.6 cm³/mol. The van der Waals surface area contributed by atoms with E-state index in [1.54, 1.807) is 25.3 Å². The summed E-state index contributed by atoms with van der Waals surface area (Å²) in [5.41, 5.74) is 6.72. The molecule has 0 fully saturated rings. The molecule has 1 aromatic carbocycles. The highest BCUT2D eigenvalue weighted by molar-refractivity contribution is 6.19. The van der Waals surface area contributed by atoms with E-state index in [0.717, 1.165) is 11.3 Å². The van der Waals surface area contributed by atoms with Gasteiger partial charge in [-0.15, -0.1) is 6.58 Å². The van der Waals surface area contributed by atoms with Crippen molar-refractivity contribution in [1.29, 1.82) is 0 Å². The molecule has 1 atom stereocenters. The van der Waals surface area contributed by atoms with E-state index in [2.05, 4.69) is 12.3 Å². The molecule has 4 N–H and O–H groups in total. The van der Waals surface area contributed by atoms with Crippen molar-refractivity contribution < 1.29 is 29.1 Å². The summed E-state index contributed by atoms with van der Waals surface area (Å²) in [6, 6.07) is 6.36. The molecule has 0 saturated heterocycles. The first kappa shape index (κ1) is 20.7. The molecule has 0 aromatic heterocycles.